The van der Waals surface area contributed by atoms with Gasteiger partial charge in [0, 0.05) is 29.2 Å². The molecule has 0 fully saturated rings. The molecule has 3 aromatic rings. The van der Waals surface area contributed by atoms with Gasteiger partial charge in [0.15, 0.2) is 0 Å². The van der Waals surface area contributed by atoms with Crippen molar-refractivity contribution < 1.29 is 9.63 Å². The average molecular weight is 374 g/mol. The average Bonchev–Trinajstić information content (AvgIpc) is 2.99. The number of hydrogen-bond acceptors (Lipinski definition) is 3. The van der Waals surface area contributed by atoms with Crippen LogP contribution in [0.2, 0.25) is 0 Å². The summed E-state index contributed by atoms with van der Waals surface area (Å²) < 4.78 is 2.23. The maximum atomic E-state index is 12.5. The molecule has 0 amide bonds. The largest absolute Gasteiger partial charge is 0.365 e. The number of hydrogen-bond donors (Lipinski definition) is 0. The van der Waals surface area contributed by atoms with E-state index in [9.17, 15) is 4.79 Å². The van der Waals surface area contributed by atoms with Gasteiger partial charge in [-0.1, -0.05) is 56.3 Å². The lowest BCUT2D eigenvalue weighted by Gasteiger charge is -2.18. The first-order valence-corrected chi connectivity index (χ1v) is 9.81. The molecule has 0 bridgehead atoms. The van der Waals surface area contributed by atoms with Crippen LogP contribution in [0.1, 0.15) is 60.8 Å². The molecule has 1 aliphatic rings. The monoisotopic (exact) mass is 374 g/mol. The molecular formula is C24H26N2O2. The third-order valence-electron chi connectivity index (χ3n) is 5.57. The summed E-state index contributed by atoms with van der Waals surface area (Å²) in [5.74, 6) is -0.416. The topological polar surface area (TPSA) is 43.6 Å². The van der Waals surface area contributed by atoms with Crippen LogP contribution < -0.4 is 0 Å². The van der Waals surface area contributed by atoms with Crippen LogP contribution in [0.4, 0.5) is 0 Å². The summed E-state index contributed by atoms with van der Waals surface area (Å²) in [6.45, 7) is 6.45. The van der Waals surface area contributed by atoms with Gasteiger partial charge in [-0.05, 0) is 48.4 Å². The predicted molar refractivity (Wildman–Crippen MR) is 113 cm³/mol. The van der Waals surface area contributed by atoms with Crippen LogP contribution in [0.25, 0.3) is 10.9 Å². The van der Waals surface area contributed by atoms with E-state index in [0.717, 1.165) is 30.5 Å². The number of oxime groups is 1. The van der Waals surface area contributed by atoms with Crippen LogP contribution in [-0.2, 0) is 23.7 Å². The first-order chi connectivity index (χ1) is 13.4. The molecule has 1 heterocycles. The van der Waals surface area contributed by atoms with E-state index in [2.05, 4.69) is 49.7 Å². The second-order valence-corrected chi connectivity index (χ2v) is 8.50. The Morgan fingerprint density at radius 1 is 1.04 bits per heavy atom. The Kier molecular flexibility index (Phi) is 4.58. The minimum atomic E-state index is -0.416. The summed E-state index contributed by atoms with van der Waals surface area (Å²) in [5.41, 5.74) is 6.19. The maximum absolute atomic E-state index is 12.5. The van der Waals surface area contributed by atoms with Crippen molar-refractivity contribution in [2.24, 2.45) is 12.2 Å². The molecule has 1 aromatic heterocycles. The molecule has 28 heavy (non-hydrogen) atoms. The fourth-order valence-corrected chi connectivity index (χ4v) is 3.96. The van der Waals surface area contributed by atoms with Crippen LogP contribution in [0, 0.1) is 0 Å². The highest BCUT2D eigenvalue weighted by molar-refractivity contribution is 6.13. The fourth-order valence-electron chi connectivity index (χ4n) is 3.96. The lowest BCUT2D eigenvalue weighted by molar-refractivity contribution is 0.0515. The minimum Gasteiger partial charge on any atom is -0.347 e. The quantitative estimate of drug-likeness (QED) is 0.447. The summed E-state index contributed by atoms with van der Waals surface area (Å²) in [6, 6.07) is 15.9. The molecule has 0 atom stereocenters. The number of aryl methyl sites for hydroxylation is 1. The van der Waals surface area contributed by atoms with Crippen LogP contribution in [0.3, 0.4) is 0 Å². The Balaban J connectivity index is 1.61. The highest BCUT2D eigenvalue weighted by Gasteiger charge is 2.24. The third-order valence-corrected chi connectivity index (χ3v) is 5.57. The number of para-hydroxylation sites is 1. The van der Waals surface area contributed by atoms with Crippen LogP contribution in [-0.4, -0.2) is 16.2 Å². The molecule has 4 nitrogen and oxygen atoms in total. The van der Waals surface area contributed by atoms with Crippen molar-refractivity contribution in [3.8, 4) is 0 Å². The molecule has 0 radical (unpaired) electrons. The van der Waals surface area contributed by atoms with Crippen molar-refractivity contribution in [2.45, 2.75) is 45.4 Å². The number of benzene rings is 2. The first-order valence-electron chi connectivity index (χ1n) is 9.81. The van der Waals surface area contributed by atoms with Crippen molar-refractivity contribution >= 4 is 22.6 Å². The molecular weight excluding hydrogens is 348 g/mol. The van der Waals surface area contributed by atoms with Crippen molar-refractivity contribution in [3.05, 3.63) is 70.9 Å². The summed E-state index contributed by atoms with van der Waals surface area (Å²) >= 11 is 0. The van der Waals surface area contributed by atoms with E-state index < -0.39 is 5.97 Å². The smallest absolute Gasteiger partial charge is 0.347 e. The summed E-state index contributed by atoms with van der Waals surface area (Å²) in [5, 5.41) is 5.46. The van der Waals surface area contributed by atoms with E-state index in [4.69, 9.17) is 4.84 Å². The van der Waals surface area contributed by atoms with E-state index in [1.807, 2.05) is 36.4 Å². The number of rotatable bonds is 2. The standard InChI is InChI=1S/C24H26N2O2/c1-24(2,3)17-14-12-16(13-15-17)23(27)28-25-19-9-7-11-21-22(19)18-8-5-6-10-20(18)26(21)4/h5-6,8,10,12-15H,7,9,11H2,1-4H3/b25-19-. The zero-order valence-electron chi connectivity index (χ0n) is 17.0. The SMILES string of the molecule is Cn1c2c(c3ccccc31)/C(=N\OC(=O)c1ccc(C(C)(C)C)cc1)CCC2. The lowest BCUT2D eigenvalue weighted by Crippen LogP contribution is -2.15. The van der Waals surface area contributed by atoms with Gasteiger partial charge in [0.05, 0.1) is 11.3 Å². The Morgan fingerprint density at radius 2 is 1.75 bits per heavy atom. The molecule has 1 aliphatic carbocycles. The highest BCUT2D eigenvalue weighted by Crippen LogP contribution is 2.32. The molecule has 4 rings (SSSR count). The van der Waals surface area contributed by atoms with E-state index in [-0.39, 0.29) is 5.41 Å². The van der Waals surface area contributed by atoms with Crippen molar-refractivity contribution in [3.63, 3.8) is 0 Å². The molecule has 0 saturated carbocycles. The molecule has 144 valence electrons. The zero-order valence-corrected chi connectivity index (χ0v) is 17.0. The number of aromatic nitrogens is 1. The minimum absolute atomic E-state index is 0.0511. The van der Waals surface area contributed by atoms with Crippen LogP contribution in [0.5, 0.6) is 0 Å². The predicted octanol–water partition coefficient (Wildman–Crippen LogP) is 5.37. The van der Waals surface area contributed by atoms with Gasteiger partial charge in [0.1, 0.15) is 0 Å². The highest BCUT2D eigenvalue weighted by atomic mass is 16.7. The number of carbonyl (C=O) groups is 1. The second-order valence-electron chi connectivity index (χ2n) is 8.50. The molecule has 4 heteroatoms. The van der Waals surface area contributed by atoms with E-state index >= 15 is 0 Å². The number of carbonyl (C=O) groups excluding carboxylic acids is 1. The van der Waals surface area contributed by atoms with Gasteiger partial charge in [-0.15, -0.1) is 0 Å². The van der Waals surface area contributed by atoms with E-state index in [0.29, 0.717) is 5.56 Å². The molecule has 0 unspecified atom stereocenters. The number of fused-ring (bicyclic) bond motifs is 3. The van der Waals surface area contributed by atoms with Gasteiger partial charge >= 0.3 is 5.97 Å². The second kappa shape index (κ2) is 6.93. The fraction of sp³-hybridized carbons (Fsp3) is 0.333. The Labute approximate surface area is 165 Å². The lowest BCUT2D eigenvalue weighted by atomic mass is 9.87. The Hall–Kier alpha value is -2.88. The normalized spacial score (nSPS) is 15.6. The molecule has 0 spiro atoms. The van der Waals surface area contributed by atoms with Crippen molar-refractivity contribution in [2.75, 3.05) is 0 Å². The summed E-state index contributed by atoms with van der Waals surface area (Å²) in [7, 11) is 2.09. The third kappa shape index (κ3) is 3.24. The zero-order chi connectivity index (χ0) is 19.9. The van der Waals surface area contributed by atoms with Crippen molar-refractivity contribution in [1.29, 1.82) is 0 Å². The molecule has 0 aliphatic heterocycles. The van der Waals surface area contributed by atoms with Gasteiger partial charge < -0.3 is 9.40 Å². The first kappa shape index (κ1) is 18.5. The van der Waals surface area contributed by atoms with Gasteiger partial charge in [-0.3, -0.25) is 0 Å². The summed E-state index contributed by atoms with van der Waals surface area (Å²) in [4.78, 5) is 17.8. The van der Waals surface area contributed by atoms with Gasteiger partial charge in [-0.25, -0.2) is 4.79 Å². The molecule has 0 N–H and O–H groups in total. The van der Waals surface area contributed by atoms with E-state index in [1.54, 1.807) is 0 Å². The van der Waals surface area contributed by atoms with Crippen LogP contribution in [0.15, 0.2) is 53.7 Å². The molecule has 0 saturated heterocycles. The Bertz CT molecular complexity index is 1070. The summed E-state index contributed by atoms with van der Waals surface area (Å²) in [6.07, 6.45) is 2.84. The van der Waals surface area contributed by atoms with E-state index in [1.165, 1.54) is 22.2 Å². The van der Waals surface area contributed by atoms with Gasteiger partial charge in [0.2, 0.25) is 0 Å². The molecule has 2 aromatic carbocycles. The Morgan fingerprint density at radius 3 is 2.46 bits per heavy atom. The van der Waals surface area contributed by atoms with Gasteiger partial charge in [0.25, 0.3) is 0 Å². The van der Waals surface area contributed by atoms with Crippen LogP contribution >= 0.6 is 0 Å². The maximum Gasteiger partial charge on any atom is 0.365 e. The van der Waals surface area contributed by atoms with Crippen molar-refractivity contribution in [1.82, 2.24) is 4.57 Å². The number of nitrogens with zero attached hydrogens (tertiary/aromatic N) is 2. The van der Waals surface area contributed by atoms with Gasteiger partial charge in [-0.2, -0.15) is 0 Å².